The first-order valence-corrected chi connectivity index (χ1v) is 6.66. The van der Waals surface area contributed by atoms with Crippen LogP contribution >= 0.6 is 11.6 Å². The number of carboxylic acids is 1. The Morgan fingerprint density at radius 3 is 2.78 bits per heavy atom. The number of hydrogen-bond acceptors (Lipinski definition) is 2. The van der Waals surface area contributed by atoms with Crippen molar-refractivity contribution < 1.29 is 9.90 Å². The molecule has 2 rings (SSSR count). The van der Waals surface area contributed by atoms with Crippen molar-refractivity contribution in [3.63, 3.8) is 0 Å². The first-order chi connectivity index (χ1) is 8.49. The molecule has 2 unspecified atom stereocenters. The number of nitrogens with zero attached hydrogens (tertiary/aromatic N) is 1. The number of benzene rings is 1. The van der Waals surface area contributed by atoms with Gasteiger partial charge in [-0.3, -0.25) is 0 Å². The maximum absolute atomic E-state index is 11.3. The van der Waals surface area contributed by atoms with Crippen molar-refractivity contribution in [2.75, 3.05) is 11.4 Å². The summed E-state index contributed by atoms with van der Waals surface area (Å²) < 4.78 is 0. The maximum Gasteiger partial charge on any atom is 0.337 e. The van der Waals surface area contributed by atoms with Gasteiger partial charge in [-0.05, 0) is 43.9 Å². The van der Waals surface area contributed by atoms with Crippen LogP contribution in [0.4, 0.5) is 5.69 Å². The van der Waals surface area contributed by atoms with Gasteiger partial charge < -0.3 is 10.0 Å². The lowest BCUT2D eigenvalue weighted by Crippen LogP contribution is -2.41. The van der Waals surface area contributed by atoms with Crippen LogP contribution in [0.3, 0.4) is 0 Å². The molecule has 1 heterocycles. The van der Waals surface area contributed by atoms with E-state index in [1.54, 1.807) is 6.07 Å². The van der Waals surface area contributed by atoms with Crippen LogP contribution in [0.1, 0.15) is 37.0 Å². The molecule has 0 saturated carbocycles. The summed E-state index contributed by atoms with van der Waals surface area (Å²) in [5, 5.41) is 9.74. The Kier molecular flexibility index (Phi) is 3.81. The fourth-order valence-corrected chi connectivity index (χ4v) is 2.87. The second kappa shape index (κ2) is 5.19. The fraction of sp³-hybridized carbons (Fsp3) is 0.500. The van der Waals surface area contributed by atoms with E-state index in [2.05, 4.69) is 18.7 Å². The van der Waals surface area contributed by atoms with Gasteiger partial charge in [0, 0.05) is 17.6 Å². The first-order valence-electron chi connectivity index (χ1n) is 6.28. The van der Waals surface area contributed by atoms with Crippen LogP contribution in [0.5, 0.6) is 0 Å². The Morgan fingerprint density at radius 1 is 1.44 bits per heavy atom. The van der Waals surface area contributed by atoms with Crippen molar-refractivity contribution in [2.24, 2.45) is 5.92 Å². The van der Waals surface area contributed by atoms with Gasteiger partial charge >= 0.3 is 5.97 Å². The predicted octanol–water partition coefficient (Wildman–Crippen LogP) is 3.66. The van der Waals surface area contributed by atoms with Gasteiger partial charge in [-0.25, -0.2) is 4.79 Å². The lowest BCUT2D eigenvalue weighted by atomic mass is 9.92. The highest BCUT2D eigenvalue weighted by molar-refractivity contribution is 6.31. The summed E-state index contributed by atoms with van der Waals surface area (Å²) in [5.41, 5.74) is 1.08. The van der Waals surface area contributed by atoms with Crippen molar-refractivity contribution in [3.8, 4) is 0 Å². The number of hydrogen-bond donors (Lipinski definition) is 1. The van der Waals surface area contributed by atoms with Crippen LogP contribution in [-0.2, 0) is 0 Å². The molecule has 98 valence electrons. The van der Waals surface area contributed by atoms with E-state index in [4.69, 9.17) is 11.6 Å². The van der Waals surface area contributed by atoms with E-state index in [0.29, 0.717) is 22.5 Å². The zero-order valence-corrected chi connectivity index (χ0v) is 11.4. The van der Waals surface area contributed by atoms with Crippen LogP contribution in [-0.4, -0.2) is 23.7 Å². The zero-order chi connectivity index (χ0) is 13.3. The Morgan fingerprint density at radius 2 is 2.17 bits per heavy atom. The van der Waals surface area contributed by atoms with Gasteiger partial charge in [-0.15, -0.1) is 0 Å². The van der Waals surface area contributed by atoms with Crippen molar-refractivity contribution in [1.29, 1.82) is 0 Å². The summed E-state index contributed by atoms with van der Waals surface area (Å²) in [7, 11) is 0. The Hall–Kier alpha value is -1.22. The monoisotopic (exact) mass is 267 g/mol. The highest BCUT2D eigenvalue weighted by Gasteiger charge is 2.26. The molecular formula is C14H18ClNO2. The zero-order valence-electron chi connectivity index (χ0n) is 10.7. The standard InChI is InChI=1S/C14H18ClNO2/c1-9-5-6-16(10(2)7-9)13-4-3-11(15)8-12(13)14(17)18/h3-4,8-10H,5-7H2,1-2H3,(H,17,18). The molecule has 0 radical (unpaired) electrons. The minimum absolute atomic E-state index is 0.295. The van der Waals surface area contributed by atoms with Crippen LogP contribution in [0.25, 0.3) is 0 Å². The third-order valence-corrected chi connectivity index (χ3v) is 3.87. The summed E-state index contributed by atoms with van der Waals surface area (Å²) in [6.07, 6.45) is 2.20. The van der Waals surface area contributed by atoms with E-state index >= 15 is 0 Å². The largest absolute Gasteiger partial charge is 0.478 e. The van der Waals surface area contributed by atoms with Crippen LogP contribution in [0.2, 0.25) is 5.02 Å². The second-order valence-corrected chi connectivity index (χ2v) is 5.58. The Balaban J connectivity index is 2.35. The third kappa shape index (κ3) is 2.61. The van der Waals surface area contributed by atoms with Gasteiger partial charge in [0.2, 0.25) is 0 Å². The molecular weight excluding hydrogens is 250 g/mol. The van der Waals surface area contributed by atoms with Crippen molar-refractivity contribution >= 4 is 23.3 Å². The average molecular weight is 268 g/mol. The molecule has 1 saturated heterocycles. The normalized spacial score (nSPS) is 24.1. The summed E-state index contributed by atoms with van der Waals surface area (Å²) in [6, 6.07) is 5.48. The molecule has 1 aliphatic rings. The number of anilines is 1. The molecule has 0 aromatic heterocycles. The minimum atomic E-state index is -0.918. The van der Waals surface area contributed by atoms with Gasteiger partial charge in [-0.2, -0.15) is 0 Å². The lowest BCUT2D eigenvalue weighted by molar-refractivity contribution is 0.0697. The molecule has 1 N–H and O–H groups in total. The Bertz CT molecular complexity index is 461. The highest BCUT2D eigenvalue weighted by Crippen LogP contribution is 2.31. The molecule has 1 aliphatic heterocycles. The third-order valence-electron chi connectivity index (χ3n) is 3.64. The molecule has 1 aromatic carbocycles. The van der Waals surface area contributed by atoms with Gasteiger partial charge in [0.25, 0.3) is 0 Å². The van der Waals surface area contributed by atoms with Gasteiger partial charge in [0.15, 0.2) is 0 Å². The molecule has 3 nitrogen and oxygen atoms in total. The van der Waals surface area contributed by atoms with Crippen LogP contribution in [0, 0.1) is 5.92 Å². The van der Waals surface area contributed by atoms with E-state index in [0.717, 1.165) is 25.1 Å². The van der Waals surface area contributed by atoms with Crippen LogP contribution in [0.15, 0.2) is 18.2 Å². The van der Waals surface area contributed by atoms with E-state index in [-0.39, 0.29) is 0 Å². The molecule has 0 spiro atoms. The summed E-state index contributed by atoms with van der Waals surface area (Å²) in [5.74, 6) is -0.213. The van der Waals surface area contributed by atoms with Gasteiger partial charge in [0.05, 0.1) is 11.3 Å². The van der Waals surface area contributed by atoms with Gasteiger partial charge in [0.1, 0.15) is 0 Å². The fourth-order valence-electron chi connectivity index (χ4n) is 2.70. The molecule has 2 atom stereocenters. The van der Waals surface area contributed by atoms with Crippen molar-refractivity contribution in [2.45, 2.75) is 32.7 Å². The number of carboxylic acid groups (broad SMARTS) is 1. The molecule has 18 heavy (non-hydrogen) atoms. The topological polar surface area (TPSA) is 40.5 Å². The SMILES string of the molecule is CC1CCN(c2ccc(Cl)cc2C(=O)O)C(C)C1. The molecule has 0 aliphatic carbocycles. The highest BCUT2D eigenvalue weighted by atomic mass is 35.5. The lowest BCUT2D eigenvalue weighted by Gasteiger charge is -2.39. The Labute approximate surface area is 112 Å². The summed E-state index contributed by atoms with van der Waals surface area (Å²) >= 11 is 5.88. The minimum Gasteiger partial charge on any atom is -0.478 e. The van der Waals surface area contributed by atoms with E-state index in [1.807, 2.05) is 6.07 Å². The van der Waals surface area contributed by atoms with E-state index < -0.39 is 5.97 Å². The number of carbonyl (C=O) groups is 1. The first kappa shape index (κ1) is 13.2. The predicted molar refractivity (Wildman–Crippen MR) is 73.6 cm³/mol. The average Bonchev–Trinajstić information content (AvgIpc) is 2.29. The van der Waals surface area contributed by atoms with Crippen molar-refractivity contribution in [1.82, 2.24) is 0 Å². The maximum atomic E-state index is 11.3. The van der Waals surface area contributed by atoms with Gasteiger partial charge in [-0.1, -0.05) is 18.5 Å². The molecule has 1 fully saturated rings. The molecule has 0 amide bonds. The quantitative estimate of drug-likeness (QED) is 0.889. The summed E-state index contributed by atoms with van der Waals surface area (Å²) in [6.45, 7) is 5.30. The number of piperidine rings is 1. The smallest absolute Gasteiger partial charge is 0.337 e. The van der Waals surface area contributed by atoms with Crippen LogP contribution < -0.4 is 4.90 Å². The number of halogens is 1. The molecule has 1 aromatic rings. The summed E-state index contributed by atoms with van der Waals surface area (Å²) in [4.78, 5) is 13.5. The molecule has 0 bridgehead atoms. The van der Waals surface area contributed by atoms with E-state index in [1.165, 1.54) is 6.07 Å². The van der Waals surface area contributed by atoms with E-state index in [9.17, 15) is 9.90 Å². The number of rotatable bonds is 2. The number of aromatic carboxylic acids is 1. The van der Waals surface area contributed by atoms with Crippen molar-refractivity contribution in [3.05, 3.63) is 28.8 Å². The molecule has 4 heteroatoms. The second-order valence-electron chi connectivity index (χ2n) is 5.14.